The predicted octanol–water partition coefficient (Wildman–Crippen LogP) is 3.03. The van der Waals surface area contributed by atoms with E-state index in [4.69, 9.17) is 9.84 Å². The van der Waals surface area contributed by atoms with E-state index in [-0.39, 0.29) is 6.42 Å². The van der Waals surface area contributed by atoms with Crippen LogP contribution in [0.1, 0.15) is 39.2 Å². The van der Waals surface area contributed by atoms with Crippen LogP contribution >= 0.6 is 0 Å². The van der Waals surface area contributed by atoms with Gasteiger partial charge in [0.1, 0.15) is 17.7 Å². The number of hydrogen-bond acceptors (Lipinski definition) is 4. The minimum Gasteiger partial charge on any atom is -0.480 e. The molecule has 0 unspecified atom stereocenters. The molecule has 3 N–H and O–H groups in total. The van der Waals surface area contributed by atoms with Gasteiger partial charge in [0, 0.05) is 12.8 Å². The zero-order valence-corrected chi connectivity index (χ0v) is 16.4. The summed E-state index contributed by atoms with van der Waals surface area (Å²) >= 11 is 0. The van der Waals surface area contributed by atoms with E-state index in [9.17, 15) is 27.6 Å². The Kier molecular flexibility index (Phi) is 8.47. The third kappa shape index (κ3) is 10.4. The van der Waals surface area contributed by atoms with E-state index in [0.717, 1.165) is 0 Å². The first-order valence-electron chi connectivity index (χ1n) is 8.90. The van der Waals surface area contributed by atoms with Crippen molar-refractivity contribution >= 4 is 18.0 Å². The maximum Gasteiger partial charge on any atom is 0.408 e. The van der Waals surface area contributed by atoms with Crippen LogP contribution in [0.15, 0.2) is 30.3 Å². The smallest absolute Gasteiger partial charge is 0.408 e. The quantitative estimate of drug-likeness (QED) is 0.602. The molecule has 2 atom stereocenters. The van der Waals surface area contributed by atoms with Gasteiger partial charge in [-0.2, -0.15) is 13.2 Å². The molecule has 29 heavy (non-hydrogen) atoms. The maximum absolute atomic E-state index is 12.6. The molecule has 10 heteroatoms. The van der Waals surface area contributed by atoms with Crippen LogP contribution in [-0.2, 0) is 20.7 Å². The summed E-state index contributed by atoms with van der Waals surface area (Å²) in [6.45, 7) is 4.86. The monoisotopic (exact) mass is 418 g/mol. The van der Waals surface area contributed by atoms with Gasteiger partial charge in [-0.05, 0) is 32.8 Å². The first-order chi connectivity index (χ1) is 13.3. The van der Waals surface area contributed by atoms with E-state index in [0.29, 0.717) is 5.56 Å². The second-order valence-corrected chi connectivity index (χ2v) is 7.44. The molecule has 1 aromatic carbocycles. The Balaban J connectivity index is 2.92. The van der Waals surface area contributed by atoms with Gasteiger partial charge in [-0.25, -0.2) is 9.59 Å². The number of benzene rings is 1. The minimum absolute atomic E-state index is 0.00245. The first kappa shape index (κ1) is 24.3. The third-order valence-electron chi connectivity index (χ3n) is 3.62. The number of amides is 2. The van der Waals surface area contributed by atoms with Gasteiger partial charge in [0.15, 0.2) is 0 Å². The van der Waals surface area contributed by atoms with Crippen LogP contribution in [0.25, 0.3) is 0 Å². The number of aliphatic carboxylic acids is 1. The summed E-state index contributed by atoms with van der Waals surface area (Å²) in [4.78, 5) is 35.9. The highest BCUT2D eigenvalue weighted by atomic mass is 19.4. The van der Waals surface area contributed by atoms with Gasteiger partial charge < -0.3 is 20.5 Å². The zero-order valence-electron chi connectivity index (χ0n) is 16.4. The molecule has 0 spiro atoms. The number of carboxylic acid groups (broad SMARTS) is 1. The molecule has 0 fully saturated rings. The van der Waals surface area contributed by atoms with Crippen molar-refractivity contribution in [2.75, 3.05) is 0 Å². The van der Waals surface area contributed by atoms with Crippen molar-refractivity contribution in [2.24, 2.45) is 0 Å². The van der Waals surface area contributed by atoms with Crippen molar-refractivity contribution in [1.29, 1.82) is 0 Å². The second kappa shape index (κ2) is 10.1. The lowest BCUT2D eigenvalue weighted by Gasteiger charge is -2.24. The average Bonchev–Trinajstić information content (AvgIpc) is 2.56. The van der Waals surface area contributed by atoms with Crippen molar-refractivity contribution in [3.63, 3.8) is 0 Å². The number of rotatable bonds is 8. The SMILES string of the molecule is CC(C)(C)OC(=O)N[C@H](Cc1ccccc1)C(=O)N[C@H](CCC(F)(F)F)C(=O)O. The molecule has 0 bridgehead atoms. The van der Waals surface area contributed by atoms with Gasteiger partial charge in [-0.15, -0.1) is 0 Å². The Morgan fingerprint density at radius 3 is 2.10 bits per heavy atom. The first-order valence-corrected chi connectivity index (χ1v) is 8.90. The van der Waals surface area contributed by atoms with Crippen molar-refractivity contribution in [1.82, 2.24) is 10.6 Å². The van der Waals surface area contributed by atoms with E-state index in [1.165, 1.54) is 0 Å². The summed E-state index contributed by atoms with van der Waals surface area (Å²) in [5, 5.41) is 13.6. The van der Waals surface area contributed by atoms with Crippen LogP contribution in [0, 0.1) is 0 Å². The summed E-state index contributed by atoms with van der Waals surface area (Å²) in [6.07, 6.45) is -7.66. The largest absolute Gasteiger partial charge is 0.480 e. The molecule has 1 aromatic rings. The molecule has 1 rings (SSSR count). The van der Waals surface area contributed by atoms with Crippen LogP contribution in [0.3, 0.4) is 0 Å². The van der Waals surface area contributed by atoms with Crippen LogP contribution in [0.2, 0.25) is 0 Å². The number of nitrogens with one attached hydrogen (secondary N) is 2. The molecule has 0 radical (unpaired) electrons. The Morgan fingerprint density at radius 1 is 1.03 bits per heavy atom. The van der Waals surface area contributed by atoms with E-state index in [1.54, 1.807) is 51.1 Å². The summed E-state index contributed by atoms with van der Waals surface area (Å²) in [5.74, 6) is -2.52. The lowest BCUT2D eigenvalue weighted by molar-refractivity contribution is -0.148. The number of carbonyl (C=O) groups excluding carboxylic acids is 2. The Hall–Kier alpha value is -2.78. The van der Waals surface area contributed by atoms with Gasteiger partial charge in [-0.3, -0.25) is 4.79 Å². The molecular formula is C19H25F3N2O5. The van der Waals surface area contributed by atoms with Crippen molar-refractivity contribution in [2.45, 2.75) is 63.9 Å². The zero-order chi connectivity index (χ0) is 22.2. The number of halogens is 3. The number of carbonyl (C=O) groups is 3. The second-order valence-electron chi connectivity index (χ2n) is 7.44. The van der Waals surface area contributed by atoms with Crippen LogP contribution in [-0.4, -0.2) is 46.9 Å². The van der Waals surface area contributed by atoms with Gasteiger partial charge in [0.2, 0.25) is 5.91 Å². The molecule has 0 aliphatic rings. The fraction of sp³-hybridized carbons (Fsp3) is 0.526. The molecule has 0 aliphatic heterocycles. The molecule has 0 heterocycles. The third-order valence-corrected chi connectivity index (χ3v) is 3.62. The lowest BCUT2D eigenvalue weighted by atomic mass is 10.0. The Bertz CT molecular complexity index is 702. The van der Waals surface area contributed by atoms with Crippen LogP contribution < -0.4 is 10.6 Å². The topological polar surface area (TPSA) is 105 Å². The molecule has 0 aromatic heterocycles. The normalized spacial score (nSPS) is 13.9. The van der Waals surface area contributed by atoms with E-state index < -0.39 is 54.7 Å². The Morgan fingerprint density at radius 2 is 1.62 bits per heavy atom. The highest BCUT2D eigenvalue weighted by Crippen LogP contribution is 2.22. The average molecular weight is 418 g/mol. The lowest BCUT2D eigenvalue weighted by Crippen LogP contribution is -2.53. The van der Waals surface area contributed by atoms with E-state index in [2.05, 4.69) is 10.6 Å². The summed E-state index contributed by atoms with van der Waals surface area (Å²) in [7, 11) is 0. The van der Waals surface area contributed by atoms with Gasteiger partial charge in [-0.1, -0.05) is 30.3 Å². The minimum atomic E-state index is -4.56. The molecule has 0 aliphatic carbocycles. The predicted molar refractivity (Wildman–Crippen MR) is 98.2 cm³/mol. The van der Waals surface area contributed by atoms with E-state index >= 15 is 0 Å². The number of ether oxygens (including phenoxy) is 1. The number of alkyl halides is 3. The number of alkyl carbamates (subject to hydrolysis) is 1. The molecule has 2 amide bonds. The van der Waals surface area contributed by atoms with Gasteiger partial charge >= 0.3 is 18.2 Å². The van der Waals surface area contributed by atoms with Gasteiger partial charge in [0.25, 0.3) is 0 Å². The van der Waals surface area contributed by atoms with E-state index in [1.807, 2.05) is 0 Å². The van der Waals surface area contributed by atoms with Crippen molar-refractivity contribution < 1.29 is 37.4 Å². The molecule has 162 valence electrons. The molecular weight excluding hydrogens is 393 g/mol. The summed E-state index contributed by atoms with van der Waals surface area (Å²) in [5.41, 5.74) is -0.181. The summed E-state index contributed by atoms with van der Waals surface area (Å²) < 4.78 is 42.3. The van der Waals surface area contributed by atoms with Crippen molar-refractivity contribution in [3.05, 3.63) is 35.9 Å². The maximum atomic E-state index is 12.6. The van der Waals surface area contributed by atoms with Crippen LogP contribution in [0.4, 0.5) is 18.0 Å². The Labute approximate surface area is 166 Å². The standard InChI is InChI=1S/C19H25F3N2O5/c1-18(2,3)29-17(28)24-14(11-12-7-5-4-6-8-12)15(25)23-13(16(26)27)9-10-19(20,21)22/h4-8,13-14H,9-11H2,1-3H3,(H,23,25)(H,24,28)(H,26,27)/t13-,14-/m1/s1. The number of carboxylic acids is 1. The molecule has 0 saturated heterocycles. The fourth-order valence-corrected chi connectivity index (χ4v) is 2.35. The highest BCUT2D eigenvalue weighted by molar-refractivity contribution is 5.89. The summed E-state index contributed by atoms with van der Waals surface area (Å²) in [6, 6.07) is 5.56. The molecule has 7 nitrogen and oxygen atoms in total. The van der Waals surface area contributed by atoms with Crippen molar-refractivity contribution in [3.8, 4) is 0 Å². The number of hydrogen-bond donors (Lipinski definition) is 3. The highest BCUT2D eigenvalue weighted by Gasteiger charge is 2.33. The van der Waals surface area contributed by atoms with Crippen LogP contribution in [0.5, 0.6) is 0 Å². The fourth-order valence-electron chi connectivity index (χ4n) is 2.35. The van der Waals surface area contributed by atoms with Gasteiger partial charge in [0.05, 0.1) is 0 Å². The molecule has 0 saturated carbocycles.